The first-order chi connectivity index (χ1) is 11.5. The first-order valence-electron chi connectivity index (χ1n) is 7.78. The van der Waals surface area contributed by atoms with E-state index in [0.29, 0.717) is 16.3 Å². The van der Waals surface area contributed by atoms with Crippen molar-refractivity contribution in [1.29, 1.82) is 0 Å². The largest absolute Gasteiger partial charge is 0.345 e. The quantitative estimate of drug-likeness (QED) is 0.505. The maximum absolute atomic E-state index is 14.6. The summed E-state index contributed by atoms with van der Waals surface area (Å²) in [5.41, 5.74) is 3.58. The second-order valence-electron chi connectivity index (χ2n) is 6.18. The summed E-state index contributed by atoms with van der Waals surface area (Å²) >= 11 is 5.93. The normalized spacial score (nSPS) is 11.9. The van der Waals surface area contributed by atoms with Crippen LogP contribution in [0.4, 0.5) is 4.39 Å². The maximum Gasteiger partial charge on any atom is 0.151 e. The lowest BCUT2D eigenvalue weighted by Crippen LogP contribution is -2.02. The molecule has 1 aromatic carbocycles. The highest BCUT2D eigenvalue weighted by Gasteiger charge is 2.17. The van der Waals surface area contributed by atoms with Crippen molar-refractivity contribution in [3.05, 3.63) is 47.3 Å². The van der Waals surface area contributed by atoms with Gasteiger partial charge in [0.25, 0.3) is 0 Å². The van der Waals surface area contributed by atoms with E-state index in [1.54, 1.807) is 6.07 Å². The lowest BCUT2D eigenvalue weighted by atomic mass is 10.0. The molecule has 122 valence electrons. The first-order valence-corrected chi connectivity index (χ1v) is 8.15. The lowest BCUT2D eigenvalue weighted by Gasteiger charge is -2.11. The molecule has 1 N–H and O–H groups in total. The second kappa shape index (κ2) is 5.31. The fourth-order valence-electron chi connectivity index (χ4n) is 3.30. The van der Waals surface area contributed by atoms with Crippen molar-refractivity contribution in [3.63, 3.8) is 0 Å². The van der Waals surface area contributed by atoms with E-state index in [0.717, 1.165) is 27.9 Å². The summed E-state index contributed by atoms with van der Waals surface area (Å²) in [5, 5.41) is 1.33. The number of H-pyrrole nitrogens is 1. The van der Waals surface area contributed by atoms with Crippen LogP contribution in [0.2, 0.25) is 5.15 Å². The Kier molecular flexibility index (Phi) is 3.35. The zero-order chi connectivity index (χ0) is 17.0. The topological polar surface area (TPSA) is 46.5 Å². The van der Waals surface area contributed by atoms with E-state index in [2.05, 4.69) is 28.8 Å². The zero-order valence-corrected chi connectivity index (χ0v) is 14.3. The number of nitrogens with one attached hydrogen (secondary N) is 1. The van der Waals surface area contributed by atoms with Gasteiger partial charge >= 0.3 is 0 Å². The molecule has 0 aliphatic heterocycles. The van der Waals surface area contributed by atoms with Crippen LogP contribution in [-0.4, -0.2) is 19.5 Å². The number of halogens is 2. The molecule has 4 aromatic rings. The Labute approximate surface area is 143 Å². The smallest absolute Gasteiger partial charge is 0.151 e. The molecule has 0 fully saturated rings. The molecule has 0 aliphatic rings. The molecular weight excluding hydrogens is 327 g/mol. The zero-order valence-electron chi connectivity index (χ0n) is 13.6. The minimum absolute atomic E-state index is 0.202. The molecule has 0 unspecified atom stereocenters. The van der Waals surface area contributed by atoms with Crippen molar-refractivity contribution in [3.8, 4) is 11.1 Å². The van der Waals surface area contributed by atoms with E-state index in [-0.39, 0.29) is 11.9 Å². The Balaban J connectivity index is 2.01. The minimum atomic E-state index is -0.318. The summed E-state index contributed by atoms with van der Waals surface area (Å²) in [6.07, 6.45) is 1.83. The highest BCUT2D eigenvalue weighted by molar-refractivity contribution is 6.29. The Morgan fingerprint density at radius 3 is 2.75 bits per heavy atom. The van der Waals surface area contributed by atoms with Crippen LogP contribution in [0.15, 0.2) is 30.5 Å². The molecule has 0 bridgehead atoms. The molecule has 4 rings (SSSR count). The first kappa shape index (κ1) is 15.1. The van der Waals surface area contributed by atoms with Crippen LogP contribution in [0.3, 0.4) is 0 Å². The highest BCUT2D eigenvalue weighted by atomic mass is 35.5. The van der Waals surface area contributed by atoms with Gasteiger partial charge in [-0.2, -0.15) is 0 Å². The van der Waals surface area contributed by atoms with Crippen molar-refractivity contribution in [2.24, 2.45) is 0 Å². The summed E-state index contributed by atoms with van der Waals surface area (Å²) in [5.74, 6) is 0.490. The van der Waals surface area contributed by atoms with Crippen molar-refractivity contribution < 1.29 is 4.39 Å². The number of benzene rings is 1. The Morgan fingerprint density at radius 2 is 2.00 bits per heavy atom. The SMILES string of the molecule is Cc1nc2c(F)cc(-c3c[nH]c4nc(Cl)ccc34)cc2n1C(C)C. The monoisotopic (exact) mass is 342 g/mol. The number of pyridine rings is 1. The number of rotatable bonds is 2. The predicted octanol–water partition coefficient (Wildman–Crippen LogP) is 5.26. The molecule has 3 aromatic heterocycles. The van der Waals surface area contributed by atoms with Crippen LogP contribution >= 0.6 is 11.6 Å². The maximum atomic E-state index is 14.6. The summed E-state index contributed by atoms with van der Waals surface area (Å²) < 4.78 is 16.7. The average molecular weight is 343 g/mol. The van der Waals surface area contributed by atoms with Gasteiger partial charge in [-0.1, -0.05) is 11.6 Å². The third-order valence-electron chi connectivity index (χ3n) is 4.26. The third-order valence-corrected chi connectivity index (χ3v) is 4.47. The summed E-state index contributed by atoms with van der Waals surface area (Å²) in [6.45, 7) is 6.03. The fourth-order valence-corrected chi connectivity index (χ4v) is 3.44. The summed E-state index contributed by atoms with van der Waals surface area (Å²) in [6, 6.07) is 7.34. The number of nitrogens with zero attached hydrogens (tertiary/aromatic N) is 3. The van der Waals surface area contributed by atoms with E-state index >= 15 is 0 Å². The van der Waals surface area contributed by atoms with Crippen molar-refractivity contribution in [2.75, 3.05) is 0 Å². The number of aromatic amines is 1. The molecule has 4 nitrogen and oxygen atoms in total. The highest BCUT2D eigenvalue weighted by Crippen LogP contribution is 2.33. The van der Waals surface area contributed by atoms with Gasteiger partial charge in [-0.3, -0.25) is 0 Å². The van der Waals surface area contributed by atoms with Crippen molar-refractivity contribution in [1.82, 2.24) is 19.5 Å². The Morgan fingerprint density at radius 1 is 1.21 bits per heavy atom. The molecule has 24 heavy (non-hydrogen) atoms. The van der Waals surface area contributed by atoms with Crippen molar-refractivity contribution >= 4 is 33.7 Å². The van der Waals surface area contributed by atoms with Crippen LogP contribution in [0.1, 0.15) is 25.7 Å². The van der Waals surface area contributed by atoms with E-state index in [9.17, 15) is 4.39 Å². The van der Waals surface area contributed by atoms with Crippen LogP contribution in [-0.2, 0) is 0 Å². The average Bonchev–Trinajstić information content (AvgIpc) is 3.07. The van der Waals surface area contributed by atoms with E-state index < -0.39 is 0 Å². The Hall–Kier alpha value is -2.40. The molecule has 3 heterocycles. The van der Waals surface area contributed by atoms with Crippen molar-refractivity contribution in [2.45, 2.75) is 26.8 Å². The van der Waals surface area contributed by atoms with Crippen LogP contribution in [0.25, 0.3) is 33.2 Å². The van der Waals surface area contributed by atoms with Gasteiger partial charge in [0.1, 0.15) is 22.1 Å². The molecule has 0 saturated heterocycles. The van der Waals surface area contributed by atoms with Gasteiger partial charge in [-0.25, -0.2) is 14.4 Å². The van der Waals surface area contributed by atoms with Gasteiger partial charge in [-0.15, -0.1) is 0 Å². The summed E-state index contributed by atoms with van der Waals surface area (Å²) in [7, 11) is 0. The number of fused-ring (bicyclic) bond motifs is 2. The number of aryl methyl sites for hydroxylation is 1. The number of imidazole rings is 1. The summed E-state index contributed by atoms with van der Waals surface area (Å²) in [4.78, 5) is 11.7. The van der Waals surface area contributed by atoms with Gasteiger partial charge in [-0.05, 0) is 50.6 Å². The minimum Gasteiger partial charge on any atom is -0.345 e. The van der Waals surface area contributed by atoms with Crippen LogP contribution in [0, 0.1) is 12.7 Å². The van der Waals surface area contributed by atoms with Gasteiger partial charge in [0, 0.05) is 23.2 Å². The molecule has 6 heteroatoms. The van der Waals surface area contributed by atoms with Crippen LogP contribution in [0.5, 0.6) is 0 Å². The molecule has 0 spiro atoms. The van der Waals surface area contributed by atoms with Gasteiger partial charge in [0.05, 0.1) is 5.52 Å². The molecule has 0 amide bonds. The fraction of sp³-hybridized carbons (Fsp3) is 0.222. The standard InChI is InChI=1S/C18H16ClFN4/c1-9(2)24-10(3)22-17-14(20)6-11(7-15(17)24)13-8-21-18-12(13)4-5-16(19)23-18/h4-9H,1-3H3,(H,21,23). The predicted molar refractivity (Wildman–Crippen MR) is 94.9 cm³/mol. The molecule has 0 saturated carbocycles. The lowest BCUT2D eigenvalue weighted by molar-refractivity contribution is 0.600. The van der Waals surface area contributed by atoms with Gasteiger partial charge in [0.15, 0.2) is 5.82 Å². The molecule has 0 radical (unpaired) electrons. The number of aromatic nitrogens is 4. The van der Waals surface area contributed by atoms with E-state index in [1.807, 2.05) is 29.8 Å². The Bertz CT molecular complexity index is 1080. The van der Waals surface area contributed by atoms with E-state index in [4.69, 9.17) is 11.6 Å². The molecular formula is C18H16ClFN4. The van der Waals surface area contributed by atoms with E-state index in [1.165, 1.54) is 6.07 Å². The third kappa shape index (κ3) is 2.19. The second-order valence-corrected chi connectivity index (χ2v) is 6.57. The molecule has 0 aliphatic carbocycles. The molecule has 0 atom stereocenters. The van der Waals surface area contributed by atoms with Gasteiger partial charge < -0.3 is 9.55 Å². The number of hydrogen-bond acceptors (Lipinski definition) is 2. The van der Waals surface area contributed by atoms with Crippen LogP contribution < -0.4 is 0 Å². The van der Waals surface area contributed by atoms with Gasteiger partial charge in [0.2, 0.25) is 0 Å². The number of hydrogen-bond donors (Lipinski definition) is 1.